The fourth-order valence-corrected chi connectivity index (χ4v) is 3.72. The van der Waals surface area contributed by atoms with Crippen molar-refractivity contribution in [1.29, 1.82) is 0 Å². The molecule has 1 aliphatic carbocycles. The standard InChI is InChI=1S/C14H21IN2O3/c1-13(2)9(7-18)4-5-14(13,3)8-17-6-10(15)11(19)16-12(17)20/h6,9,18H,4-5,7-8H2,1-3H3,(H,16,19,20)/t9-,14+/m1/s1. The van der Waals surface area contributed by atoms with Crippen LogP contribution in [0.3, 0.4) is 0 Å². The molecule has 0 saturated heterocycles. The average Bonchev–Trinajstić information content (AvgIpc) is 2.57. The van der Waals surface area contributed by atoms with Crippen molar-refractivity contribution in [2.45, 2.75) is 40.2 Å². The van der Waals surface area contributed by atoms with E-state index < -0.39 is 0 Å². The highest BCUT2D eigenvalue weighted by atomic mass is 127. The van der Waals surface area contributed by atoms with Crippen LogP contribution < -0.4 is 11.2 Å². The summed E-state index contributed by atoms with van der Waals surface area (Å²) < 4.78 is 2.10. The Balaban J connectivity index is 2.37. The highest BCUT2D eigenvalue weighted by Crippen LogP contribution is 2.56. The lowest BCUT2D eigenvalue weighted by molar-refractivity contribution is 0.0416. The summed E-state index contributed by atoms with van der Waals surface area (Å²) in [4.78, 5) is 25.7. The quantitative estimate of drug-likeness (QED) is 0.768. The Morgan fingerprint density at radius 1 is 1.45 bits per heavy atom. The number of halogens is 1. The van der Waals surface area contributed by atoms with Crippen LogP contribution in [0.25, 0.3) is 0 Å². The van der Waals surface area contributed by atoms with Gasteiger partial charge in [0.25, 0.3) is 5.56 Å². The molecular formula is C14H21IN2O3. The van der Waals surface area contributed by atoms with Crippen molar-refractivity contribution in [3.63, 3.8) is 0 Å². The third-order valence-corrected chi connectivity index (χ3v) is 6.10. The van der Waals surface area contributed by atoms with E-state index in [4.69, 9.17) is 0 Å². The smallest absolute Gasteiger partial charge is 0.328 e. The minimum Gasteiger partial charge on any atom is -0.396 e. The topological polar surface area (TPSA) is 75.1 Å². The van der Waals surface area contributed by atoms with E-state index in [9.17, 15) is 14.7 Å². The van der Waals surface area contributed by atoms with E-state index in [1.165, 1.54) is 0 Å². The van der Waals surface area contributed by atoms with Crippen LogP contribution in [-0.2, 0) is 6.54 Å². The minimum atomic E-state index is -0.361. The van der Waals surface area contributed by atoms with Gasteiger partial charge in [0.1, 0.15) is 0 Å². The van der Waals surface area contributed by atoms with Gasteiger partial charge in [0.15, 0.2) is 0 Å². The van der Waals surface area contributed by atoms with Crippen LogP contribution in [-0.4, -0.2) is 21.3 Å². The van der Waals surface area contributed by atoms with Gasteiger partial charge in [-0.3, -0.25) is 14.3 Å². The Morgan fingerprint density at radius 3 is 2.65 bits per heavy atom. The van der Waals surface area contributed by atoms with Crippen molar-refractivity contribution in [1.82, 2.24) is 9.55 Å². The van der Waals surface area contributed by atoms with E-state index in [2.05, 4.69) is 25.8 Å². The number of aliphatic hydroxyl groups is 1. The molecule has 20 heavy (non-hydrogen) atoms. The van der Waals surface area contributed by atoms with Gasteiger partial charge in [-0.25, -0.2) is 4.79 Å². The fourth-order valence-electron chi connectivity index (χ4n) is 3.25. The second-order valence-corrected chi connectivity index (χ2v) is 7.73. The molecule has 1 aromatic heterocycles. The number of hydrogen-bond acceptors (Lipinski definition) is 3. The first-order chi connectivity index (χ1) is 9.21. The van der Waals surface area contributed by atoms with E-state index in [0.29, 0.717) is 10.1 Å². The predicted molar refractivity (Wildman–Crippen MR) is 85.7 cm³/mol. The summed E-state index contributed by atoms with van der Waals surface area (Å²) in [6.07, 6.45) is 3.55. The summed E-state index contributed by atoms with van der Waals surface area (Å²) in [7, 11) is 0. The number of nitrogens with one attached hydrogen (secondary N) is 1. The molecule has 0 bridgehead atoms. The lowest BCUT2D eigenvalue weighted by Gasteiger charge is -2.41. The molecule has 2 N–H and O–H groups in total. The Labute approximate surface area is 131 Å². The lowest BCUT2D eigenvalue weighted by atomic mass is 9.66. The summed E-state index contributed by atoms with van der Waals surface area (Å²) in [6.45, 7) is 7.21. The number of rotatable bonds is 3. The Hall–Kier alpha value is -0.630. The number of H-pyrrole nitrogens is 1. The van der Waals surface area contributed by atoms with Gasteiger partial charge >= 0.3 is 5.69 Å². The largest absolute Gasteiger partial charge is 0.396 e. The van der Waals surface area contributed by atoms with Crippen LogP contribution in [0.5, 0.6) is 0 Å². The SMILES string of the molecule is CC1(C)[C@@H](CO)CC[C@@]1(C)Cn1cc(I)c(=O)[nH]c1=O. The summed E-state index contributed by atoms with van der Waals surface area (Å²) in [5, 5.41) is 9.52. The highest BCUT2D eigenvalue weighted by Gasteiger charge is 2.51. The maximum Gasteiger partial charge on any atom is 0.328 e. The van der Waals surface area contributed by atoms with Crippen molar-refractivity contribution in [3.05, 3.63) is 30.6 Å². The van der Waals surface area contributed by atoms with Crippen LogP contribution in [0, 0.1) is 20.3 Å². The van der Waals surface area contributed by atoms with Crippen molar-refractivity contribution < 1.29 is 5.11 Å². The number of aliphatic hydroxyl groups excluding tert-OH is 1. The van der Waals surface area contributed by atoms with Gasteiger partial charge in [0.05, 0.1) is 3.57 Å². The van der Waals surface area contributed by atoms with Gasteiger partial charge < -0.3 is 5.11 Å². The molecule has 0 aromatic carbocycles. The van der Waals surface area contributed by atoms with Gasteiger partial charge in [0.2, 0.25) is 0 Å². The van der Waals surface area contributed by atoms with Crippen molar-refractivity contribution >= 4 is 22.6 Å². The first-order valence-corrected chi connectivity index (χ1v) is 7.89. The molecule has 1 aliphatic rings. The predicted octanol–water partition coefficient (Wildman–Crippen LogP) is 1.58. The van der Waals surface area contributed by atoms with E-state index in [-0.39, 0.29) is 34.6 Å². The molecule has 1 fully saturated rings. The molecule has 0 radical (unpaired) electrons. The molecule has 0 amide bonds. The minimum absolute atomic E-state index is 0.0528. The van der Waals surface area contributed by atoms with Crippen LogP contribution in [0.1, 0.15) is 33.6 Å². The highest BCUT2D eigenvalue weighted by molar-refractivity contribution is 14.1. The normalized spacial score (nSPS) is 28.8. The van der Waals surface area contributed by atoms with Crippen LogP contribution in [0.4, 0.5) is 0 Å². The van der Waals surface area contributed by atoms with Crippen LogP contribution >= 0.6 is 22.6 Å². The zero-order valence-electron chi connectivity index (χ0n) is 12.1. The van der Waals surface area contributed by atoms with Gasteiger partial charge in [-0.15, -0.1) is 0 Å². The van der Waals surface area contributed by atoms with E-state index >= 15 is 0 Å². The molecule has 1 heterocycles. The number of aromatic amines is 1. The number of nitrogens with zero attached hydrogens (tertiary/aromatic N) is 1. The second-order valence-electron chi connectivity index (χ2n) is 6.56. The molecule has 2 atom stereocenters. The zero-order chi connectivity index (χ0) is 15.1. The molecule has 0 unspecified atom stereocenters. The van der Waals surface area contributed by atoms with Crippen molar-refractivity contribution in [2.24, 2.45) is 16.7 Å². The molecule has 5 nitrogen and oxygen atoms in total. The third kappa shape index (κ3) is 2.47. The molecule has 1 aromatic rings. The van der Waals surface area contributed by atoms with Gasteiger partial charge in [-0.2, -0.15) is 0 Å². The summed E-state index contributed by atoms with van der Waals surface area (Å²) in [5.74, 6) is 0.255. The Kier molecular flexibility index (Phi) is 4.17. The summed E-state index contributed by atoms with van der Waals surface area (Å²) in [5.41, 5.74) is -0.829. The fraction of sp³-hybridized carbons (Fsp3) is 0.714. The second kappa shape index (κ2) is 5.29. The number of aromatic nitrogens is 2. The molecule has 6 heteroatoms. The summed E-state index contributed by atoms with van der Waals surface area (Å²) in [6, 6.07) is 0. The van der Waals surface area contributed by atoms with Crippen LogP contribution in [0.15, 0.2) is 15.8 Å². The van der Waals surface area contributed by atoms with Crippen molar-refractivity contribution in [3.8, 4) is 0 Å². The van der Waals surface area contributed by atoms with E-state index in [0.717, 1.165) is 12.8 Å². The third-order valence-electron chi connectivity index (χ3n) is 5.33. The zero-order valence-corrected chi connectivity index (χ0v) is 14.2. The molecular weight excluding hydrogens is 371 g/mol. The lowest BCUT2D eigenvalue weighted by Crippen LogP contribution is -2.42. The first kappa shape index (κ1) is 15.8. The van der Waals surface area contributed by atoms with E-state index in [1.807, 2.05) is 22.6 Å². The molecule has 112 valence electrons. The molecule has 2 rings (SSSR count). The van der Waals surface area contributed by atoms with E-state index in [1.54, 1.807) is 10.8 Å². The maximum atomic E-state index is 11.9. The molecule has 0 spiro atoms. The maximum absolute atomic E-state index is 11.9. The number of hydrogen-bond donors (Lipinski definition) is 2. The molecule has 0 aliphatic heterocycles. The molecule has 1 saturated carbocycles. The van der Waals surface area contributed by atoms with Gasteiger partial charge in [-0.1, -0.05) is 20.8 Å². The first-order valence-electron chi connectivity index (χ1n) is 6.81. The van der Waals surface area contributed by atoms with Gasteiger partial charge in [-0.05, 0) is 52.2 Å². The Morgan fingerprint density at radius 2 is 2.10 bits per heavy atom. The Bertz CT molecular complexity index is 620. The summed E-state index contributed by atoms with van der Waals surface area (Å²) >= 11 is 1.93. The average molecular weight is 392 g/mol. The van der Waals surface area contributed by atoms with Crippen molar-refractivity contribution in [2.75, 3.05) is 6.61 Å². The monoisotopic (exact) mass is 392 g/mol. The van der Waals surface area contributed by atoms with Crippen LogP contribution in [0.2, 0.25) is 0 Å². The van der Waals surface area contributed by atoms with Gasteiger partial charge in [0, 0.05) is 19.3 Å².